The fourth-order valence-electron chi connectivity index (χ4n) is 2.46. The predicted octanol–water partition coefficient (Wildman–Crippen LogP) is 4.44. The van der Waals surface area contributed by atoms with E-state index in [2.05, 4.69) is 17.1 Å². The number of benzene rings is 2. The van der Waals surface area contributed by atoms with Crippen molar-refractivity contribution in [3.05, 3.63) is 76.4 Å². The number of nitrogens with zero attached hydrogens (tertiary/aromatic N) is 1. The highest BCUT2D eigenvalue weighted by Gasteiger charge is 2.10. The number of fused-ring (bicyclic) bond motifs is 1. The highest BCUT2D eigenvalue weighted by Crippen LogP contribution is 2.22. The van der Waals surface area contributed by atoms with Crippen molar-refractivity contribution in [1.82, 2.24) is 4.98 Å². The molecule has 2 N–H and O–H groups in total. The topological polar surface area (TPSA) is 38.9 Å². The molecule has 0 bridgehead atoms. The maximum atomic E-state index is 6.31. The average molecular weight is 297 g/mol. The van der Waals surface area contributed by atoms with Gasteiger partial charge in [-0.2, -0.15) is 0 Å². The SMILES string of the molecule is Cc1cc(C(N)Cc2ccc3ccccc3n2)ccc1Cl. The first kappa shape index (κ1) is 14.1. The van der Waals surface area contributed by atoms with Crippen LogP contribution < -0.4 is 5.73 Å². The van der Waals surface area contributed by atoms with E-state index in [0.717, 1.165) is 32.7 Å². The molecule has 1 atom stereocenters. The first-order valence-electron chi connectivity index (χ1n) is 7.00. The van der Waals surface area contributed by atoms with E-state index < -0.39 is 0 Å². The number of hydrogen-bond acceptors (Lipinski definition) is 2. The third kappa shape index (κ3) is 3.07. The van der Waals surface area contributed by atoms with Crippen molar-refractivity contribution in [2.75, 3.05) is 0 Å². The molecule has 0 radical (unpaired) electrons. The number of halogens is 1. The molecule has 3 aromatic rings. The molecule has 0 saturated carbocycles. The Hall–Kier alpha value is -1.90. The molecule has 2 aromatic carbocycles. The molecule has 106 valence electrons. The molecular formula is C18H17ClN2. The van der Waals surface area contributed by atoms with Gasteiger partial charge in [0.2, 0.25) is 0 Å². The van der Waals surface area contributed by atoms with E-state index in [1.165, 1.54) is 0 Å². The van der Waals surface area contributed by atoms with Crippen molar-refractivity contribution in [1.29, 1.82) is 0 Å². The van der Waals surface area contributed by atoms with Gasteiger partial charge in [0.05, 0.1) is 5.52 Å². The zero-order chi connectivity index (χ0) is 14.8. The van der Waals surface area contributed by atoms with E-state index >= 15 is 0 Å². The summed E-state index contributed by atoms with van der Waals surface area (Å²) in [5.74, 6) is 0. The van der Waals surface area contributed by atoms with E-state index in [4.69, 9.17) is 17.3 Å². The van der Waals surface area contributed by atoms with Gasteiger partial charge in [-0.1, -0.05) is 48.0 Å². The van der Waals surface area contributed by atoms with Gasteiger partial charge in [-0.05, 0) is 36.2 Å². The summed E-state index contributed by atoms with van der Waals surface area (Å²) < 4.78 is 0. The fourth-order valence-corrected chi connectivity index (χ4v) is 2.58. The minimum Gasteiger partial charge on any atom is -0.324 e. The van der Waals surface area contributed by atoms with Gasteiger partial charge in [-0.3, -0.25) is 4.98 Å². The highest BCUT2D eigenvalue weighted by molar-refractivity contribution is 6.31. The van der Waals surface area contributed by atoms with Gasteiger partial charge >= 0.3 is 0 Å². The number of pyridine rings is 1. The van der Waals surface area contributed by atoms with E-state index in [-0.39, 0.29) is 6.04 Å². The first-order chi connectivity index (χ1) is 10.1. The molecule has 1 heterocycles. The van der Waals surface area contributed by atoms with Gasteiger partial charge < -0.3 is 5.73 Å². The smallest absolute Gasteiger partial charge is 0.0705 e. The molecule has 0 aliphatic heterocycles. The Bertz CT molecular complexity index is 783. The standard InChI is InChI=1S/C18H17ClN2/c1-12-10-14(7-9-16(12)19)17(20)11-15-8-6-13-4-2-3-5-18(13)21-15/h2-10,17H,11,20H2,1H3. The van der Waals surface area contributed by atoms with Crippen LogP contribution in [0.15, 0.2) is 54.6 Å². The lowest BCUT2D eigenvalue weighted by atomic mass is 10.0. The summed E-state index contributed by atoms with van der Waals surface area (Å²) in [4.78, 5) is 4.67. The Morgan fingerprint density at radius 3 is 2.71 bits per heavy atom. The van der Waals surface area contributed by atoms with E-state index in [9.17, 15) is 0 Å². The van der Waals surface area contributed by atoms with Gasteiger partial charge in [0.25, 0.3) is 0 Å². The lowest BCUT2D eigenvalue weighted by Crippen LogP contribution is -2.14. The monoisotopic (exact) mass is 296 g/mol. The first-order valence-corrected chi connectivity index (χ1v) is 7.37. The van der Waals surface area contributed by atoms with Crippen molar-refractivity contribution in [3.8, 4) is 0 Å². The number of aromatic nitrogens is 1. The van der Waals surface area contributed by atoms with Gasteiger partial charge in [0.15, 0.2) is 0 Å². The quantitative estimate of drug-likeness (QED) is 0.776. The Morgan fingerprint density at radius 1 is 1.10 bits per heavy atom. The van der Waals surface area contributed by atoms with Crippen LogP contribution in [0.3, 0.4) is 0 Å². The summed E-state index contributed by atoms with van der Waals surface area (Å²) in [5.41, 5.74) is 10.5. The van der Waals surface area contributed by atoms with Crippen molar-refractivity contribution in [2.45, 2.75) is 19.4 Å². The van der Waals surface area contributed by atoms with Crippen molar-refractivity contribution >= 4 is 22.5 Å². The van der Waals surface area contributed by atoms with Crippen LogP contribution in [-0.4, -0.2) is 4.98 Å². The zero-order valence-corrected chi connectivity index (χ0v) is 12.6. The van der Waals surface area contributed by atoms with Crippen LogP contribution in [0.25, 0.3) is 10.9 Å². The van der Waals surface area contributed by atoms with Gasteiger partial charge in [-0.15, -0.1) is 0 Å². The Labute approximate surface area is 129 Å². The van der Waals surface area contributed by atoms with Crippen molar-refractivity contribution in [2.24, 2.45) is 5.73 Å². The van der Waals surface area contributed by atoms with Crippen molar-refractivity contribution in [3.63, 3.8) is 0 Å². The maximum Gasteiger partial charge on any atom is 0.0705 e. The van der Waals surface area contributed by atoms with E-state index in [1.54, 1.807) is 0 Å². The second-order valence-corrected chi connectivity index (χ2v) is 5.72. The number of nitrogens with two attached hydrogens (primary N) is 1. The number of hydrogen-bond donors (Lipinski definition) is 1. The fraction of sp³-hybridized carbons (Fsp3) is 0.167. The summed E-state index contributed by atoms with van der Waals surface area (Å²) in [6.07, 6.45) is 0.714. The Morgan fingerprint density at radius 2 is 1.90 bits per heavy atom. The van der Waals surface area contributed by atoms with Crippen LogP contribution in [0.2, 0.25) is 5.02 Å². The Kier molecular flexibility index (Phi) is 3.91. The molecule has 0 fully saturated rings. The van der Waals surface area contributed by atoms with E-state index in [0.29, 0.717) is 6.42 Å². The third-order valence-electron chi connectivity index (χ3n) is 3.70. The largest absolute Gasteiger partial charge is 0.324 e. The van der Waals surface area contributed by atoms with Crippen LogP contribution in [0.1, 0.15) is 22.9 Å². The molecule has 3 rings (SSSR count). The second kappa shape index (κ2) is 5.84. The van der Waals surface area contributed by atoms with Crippen LogP contribution in [0, 0.1) is 6.92 Å². The van der Waals surface area contributed by atoms with Crippen LogP contribution in [0.4, 0.5) is 0 Å². The molecule has 3 heteroatoms. The number of aryl methyl sites for hydroxylation is 1. The summed E-state index contributed by atoms with van der Waals surface area (Å²) >= 11 is 6.06. The molecule has 0 aliphatic rings. The average Bonchev–Trinajstić information content (AvgIpc) is 2.50. The summed E-state index contributed by atoms with van der Waals surface area (Å²) in [5, 5.41) is 1.92. The zero-order valence-electron chi connectivity index (χ0n) is 11.9. The minimum atomic E-state index is -0.0744. The minimum absolute atomic E-state index is 0.0744. The number of rotatable bonds is 3. The molecule has 21 heavy (non-hydrogen) atoms. The summed E-state index contributed by atoms with van der Waals surface area (Å²) in [6, 6.07) is 18.1. The molecule has 2 nitrogen and oxygen atoms in total. The lowest BCUT2D eigenvalue weighted by Gasteiger charge is -2.13. The molecule has 1 aromatic heterocycles. The van der Waals surface area contributed by atoms with Gasteiger partial charge in [0.1, 0.15) is 0 Å². The predicted molar refractivity (Wildman–Crippen MR) is 88.6 cm³/mol. The van der Waals surface area contributed by atoms with Crippen LogP contribution >= 0.6 is 11.6 Å². The summed E-state index contributed by atoms with van der Waals surface area (Å²) in [6.45, 7) is 1.99. The summed E-state index contributed by atoms with van der Waals surface area (Å²) in [7, 11) is 0. The highest BCUT2D eigenvalue weighted by atomic mass is 35.5. The van der Waals surface area contributed by atoms with Gasteiger partial charge in [0, 0.05) is 28.6 Å². The van der Waals surface area contributed by atoms with Crippen LogP contribution in [0.5, 0.6) is 0 Å². The molecule has 0 aliphatic carbocycles. The molecule has 1 unspecified atom stereocenters. The lowest BCUT2D eigenvalue weighted by molar-refractivity contribution is 0.708. The van der Waals surface area contributed by atoms with Crippen molar-refractivity contribution < 1.29 is 0 Å². The Balaban J connectivity index is 1.85. The molecule has 0 saturated heterocycles. The third-order valence-corrected chi connectivity index (χ3v) is 4.12. The molecule has 0 spiro atoms. The van der Waals surface area contributed by atoms with E-state index in [1.807, 2.05) is 49.4 Å². The van der Waals surface area contributed by atoms with Gasteiger partial charge in [-0.25, -0.2) is 0 Å². The van der Waals surface area contributed by atoms with Crippen LogP contribution in [-0.2, 0) is 6.42 Å². The second-order valence-electron chi connectivity index (χ2n) is 5.31. The maximum absolute atomic E-state index is 6.31. The molecular weight excluding hydrogens is 280 g/mol. The number of para-hydroxylation sites is 1. The normalized spacial score (nSPS) is 12.5. The molecule has 0 amide bonds.